The molecular formula is C20H24N2O4. The van der Waals surface area contributed by atoms with Gasteiger partial charge in [0, 0.05) is 13.1 Å². The van der Waals surface area contributed by atoms with Crippen LogP contribution in [0.1, 0.15) is 35.5 Å². The Balaban J connectivity index is 1.74. The average Bonchev–Trinajstić information content (AvgIpc) is 3.19. The Bertz CT molecular complexity index is 783. The predicted octanol–water partition coefficient (Wildman–Crippen LogP) is 2.63. The van der Waals surface area contributed by atoms with Crippen LogP contribution in [0.2, 0.25) is 0 Å². The number of fused-ring (bicyclic) bond motifs is 1. The van der Waals surface area contributed by atoms with Crippen LogP contribution in [0.4, 0.5) is 0 Å². The molecule has 26 heavy (non-hydrogen) atoms. The van der Waals surface area contributed by atoms with Gasteiger partial charge >= 0.3 is 0 Å². The number of carbonyl (C=O) groups excluding carboxylic acids is 2. The van der Waals surface area contributed by atoms with Crippen LogP contribution in [-0.4, -0.2) is 36.4 Å². The van der Waals surface area contributed by atoms with Crippen LogP contribution in [0.5, 0.6) is 5.75 Å². The standard InChI is InChI=1S/C20H24N2O4/c1-13(2)18(21-19(23)17-5-4-10-26-17)20(24)22-9-8-14-6-7-16(25-3)11-15(14)12-22/h4-7,10-11,13,18H,8-9,12H2,1-3H3,(H,21,23)/t18-/m1/s1. The Kier molecular flexibility index (Phi) is 5.30. The molecule has 3 rings (SSSR count). The predicted molar refractivity (Wildman–Crippen MR) is 96.9 cm³/mol. The second kappa shape index (κ2) is 7.64. The lowest BCUT2D eigenvalue weighted by atomic mass is 9.97. The first-order chi connectivity index (χ1) is 12.5. The highest BCUT2D eigenvalue weighted by Crippen LogP contribution is 2.24. The second-order valence-electron chi connectivity index (χ2n) is 6.82. The summed E-state index contributed by atoms with van der Waals surface area (Å²) in [5.74, 6) is 0.504. The van der Waals surface area contributed by atoms with Gasteiger partial charge in [-0.2, -0.15) is 0 Å². The van der Waals surface area contributed by atoms with Gasteiger partial charge in [-0.1, -0.05) is 19.9 Å². The highest BCUT2D eigenvalue weighted by molar-refractivity contribution is 5.95. The van der Waals surface area contributed by atoms with E-state index < -0.39 is 6.04 Å². The SMILES string of the molecule is COc1ccc2c(c1)CN(C(=O)[C@H](NC(=O)c1ccco1)C(C)C)CC2. The Hall–Kier alpha value is -2.76. The number of nitrogens with one attached hydrogen (secondary N) is 1. The van der Waals surface area contributed by atoms with E-state index in [2.05, 4.69) is 11.4 Å². The summed E-state index contributed by atoms with van der Waals surface area (Å²) in [5, 5.41) is 2.81. The molecule has 0 saturated carbocycles. The zero-order valence-corrected chi connectivity index (χ0v) is 15.3. The number of nitrogens with zero attached hydrogens (tertiary/aromatic N) is 1. The highest BCUT2D eigenvalue weighted by atomic mass is 16.5. The molecule has 2 aromatic rings. The molecule has 1 aromatic heterocycles. The Morgan fingerprint density at radius 1 is 1.23 bits per heavy atom. The van der Waals surface area contributed by atoms with Gasteiger partial charge in [-0.25, -0.2) is 0 Å². The first-order valence-corrected chi connectivity index (χ1v) is 8.78. The van der Waals surface area contributed by atoms with Gasteiger partial charge < -0.3 is 19.4 Å². The molecule has 0 radical (unpaired) electrons. The van der Waals surface area contributed by atoms with E-state index in [0.717, 1.165) is 17.7 Å². The van der Waals surface area contributed by atoms with Crippen molar-refractivity contribution in [3.05, 3.63) is 53.5 Å². The quantitative estimate of drug-likeness (QED) is 0.894. The molecule has 138 valence electrons. The maximum absolute atomic E-state index is 13.1. The minimum atomic E-state index is -0.597. The molecule has 6 nitrogen and oxygen atoms in total. The molecule has 2 amide bonds. The number of amides is 2. The average molecular weight is 356 g/mol. The van der Waals surface area contributed by atoms with Gasteiger partial charge in [-0.15, -0.1) is 0 Å². The van der Waals surface area contributed by atoms with E-state index in [-0.39, 0.29) is 23.5 Å². The lowest BCUT2D eigenvalue weighted by molar-refractivity contribution is -0.135. The highest BCUT2D eigenvalue weighted by Gasteiger charge is 2.31. The van der Waals surface area contributed by atoms with Crippen LogP contribution < -0.4 is 10.1 Å². The number of hydrogen-bond donors (Lipinski definition) is 1. The van der Waals surface area contributed by atoms with Gasteiger partial charge in [0.15, 0.2) is 5.76 Å². The van der Waals surface area contributed by atoms with E-state index in [1.165, 1.54) is 11.8 Å². The first-order valence-electron chi connectivity index (χ1n) is 8.78. The maximum Gasteiger partial charge on any atom is 0.287 e. The molecule has 0 fully saturated rings. The van der Waals surface area contributed by atoms with Crippen molar-refractivity contribution in [3.8, 4) is 5.75 Å². The van der Waals surface area contributed by atoms with Crippen molar-refractivity contribution in [2.24, 2.45) is 5.92 Å². The lowest BCUT2D eigenvalue weighted by Crippen LogP contribution is -2.52. The summed E-state index contributed by atoms with van der Waals surface area (Å²) >= 11 is 0. The van der Waals surface area contributed by atoms with E-state index in [1.54, 1.807) is 24.1 Å². The minimum absolute atomic E-state index is 0.0341. The number of hydrogen-bond acceptors (Lipinski definition) is 4. The molecule has 1 N–H and O–H groups in total. The summed E-state index contributed by atoms with van der Waals surface area (Å²) in [5.41, 5.74) is 2.32. The van der Waals surface area contributed by atoms with Crippen molar-refractivity contribution in [3.63, 3.8) is 0 Å². The van der Waals surface area contributed by atoms with Crippen molar-refractivity contribution < 1.29 is 18.7 Å². The zero-order chi connectivity index (χ0) is 18.7. The lowest BCUT2D eigenvalue weighted by Gasteiger charge is -2.33. The Morgan fingerprint density at radius 3 is 2.69 bits per heavy atom. The van der Waals surface area contributed by atoms with E-state index in [9.17, 15) is 9.59 Å². The van der Waals surface area contributed by atoms with Crippen LogP contribution in [0, 0.1) is 5.92 Å². The minimum Gasteiger partial charge on any atom is -0.497 e. The van der Waals surface area contributed by atoms with Gasteiger partial charge in [0.2, 0.25) is 5.91 Å². The van der Waals surface area contributed by atoms with E-state index in [1.807, 2.05) is 26.0 Å². The van der Waals surface area contributed by atoms with Gasteiger partial charge in [-0.3, -0.25) is 9.59 Å². The van der Waals surface area contributed by atoms with Gasteiger partial charge in [0.25, 0.3) is 5.91 Å². The fourth-order valence-electron chi connectivity index (χ4n) is 3.18. The van der Waals surface area contributed by atoms with Gasteiger partial charge in [0.05, 0.1) is 13.4 Å². The number of methoxy groups -OCH3 is 1. The van der Waals surface area contributed by atoms with Crippen LogP contribution >= 0.6 is 0 Å². The topological polar surface area (TPSA) is 71.8 Å². The smallest absolute Gasteiger partial charge is 0.287 e. The molecule has 2 heterocycles. The van der Waals surface area contributed by atoms with Crippen LogP contribution in [0.25, 0.3) is 0 Å². The van der Waals surface area contributed by atoms with Gasteiger partial charge in [0.1, 0.15) is 11.8 Å². The molecule has 0 saturated heterocycles. The summed E-state index contributed by atoms with van der Waals surface area (Å²) in [7, 11) is 1.63. The number of ether oxygens (including phenoxy) is 1. The molecule has 0 aliphatic carbocycles. The van der Waals surface area contributed by atoms with Crippen LogP contribution in [0.3, 0.4) is 0 Å². The Labute approximate surface area is 153 Å². The molecule has 1 aliphatic rings. The molecule has 1 aromatic carbocycles. The second-order valence-corrected chi connectivity index (χ2v) is 6.82. The molecule has 0 spiro atoms. The zero-order valence-electron chi connectivity index (χ0n) is 15.3. The van der Waals surface area contributed by atoms with E-state index in [4.69, 9.17) is 9.15 Å². The molecular weight excluding hydrogens is 332 g/mol. The molecule has 0 bridgehead atoms. The van der Waals surface area contributed by atoms with Gasteiger partial charge in [-0.05, 0) is 47.7 Å². The summed E-state index contributed by atoms with van der Waals surface area (Å²) in [6, 6.07) is 8.60. The number of benzene rings is 1. The van der Waals surface area contributed by atoms with Crippen molar-refractivity contribution >= 4 is 11.8 Å². The third kappa shape index (κ3) is 3.74. The molecule has 1 aliphatic heterocycles. The maximum atomic E-state index is 13.1. The number of rotatable bonds is 5. The van der Waals surface area contributed by atoms with E-state index >= 15 is 0 Å². The van der Waals surface area contributed by atoms with Crippen molar-refractivity contribution in [1.29, 1.82) is 0 Å². The largest absolute Gasteiger partial charge is 0.497 e. The first kappa shape index (κ1) is 18.0. The van der Waals surface area contributed by atoms with Crippen molar-refractivity contribution in [1.82, 2.24) is 10.2 Å². The summed E-state index contributed by atoms with van der Waals surface area (Å²) in [6.07, 6.45) is 2.23. The fourth-order valence-corrected chi connectivity index (χ4v) is 3.18. The van der Waals surface area contributed by atoms with Crippen molar-refractivity contribution in [2.45, 2.75) is 32.9 Å². The van der Waals surface area contributed by atoms with Crippen molar-refractivity contribution in [2.75, 3.05) is 13.7 Å². The normalized spacial score (nSPS) is 14.7. The summed E-state index contributed by atoms with van der Waals surface area (Å²) in [6.45, 7) is 5.00. The third-order valence-corrected chi connectivity index (χ3v) is 4.70. The van der Waals surface area contributed by atoms with Crippen LogP contribution in [-0.2, 0) is 17.8 Å². The monoisotopic (exact) mass is 356 g/mol. The molecule has 6 heteroatoms. The fraction of sp³-hybridized carbons (Fsp3) is 0.400. The number of furan rings is 1. The van der Waals surface area contributed by atoms with E-state index in [0.29, 0.717) is 13.1 Å². The Morgan fingerprint density at radius 2 is 2.04 bits per heavy atom. The third-order valence-electron chi connectivity index (χ3n) is 4.70. The number of carbonyl (C=O) groups is 2. The van der Waals surface area contributed by atoms with Crippen LogP contribution in [0.15, 0.2) is 41.0 Å². The summed E-state index contributed by atoms with van der Waals surface area (Å²) < 4.78 is 10.4. The molecule has 1 atom stereocenters. The molecule has 0 unspecified atom stereocenters. The summed E-state index contributed by atoms with van der Waals surface area (Å²) in [4.78, 5) is 27.2.